The number of carbonyl (C=O) groups is 2. The van der Waals surface area contributed by atoms with Gasteiger partial charge in [-0.3, -0.25) is 19.5 Å². The topological polar surface area (TPSA) is 91.8 Å². The Kier molecular flexibility index (Phi) is 5.49. The van der Waals surface area contributed by atoms with Crippen molar-refractivity contribution in [3.05, 3.63) is 47.8 Å². The minimum absolute atomic E-state index is 0.0413. The molecule has 152 valence electrons. The van der Waals surface area contributed by atoms with E-state index >= 15 is 0 Å². The second-order valence-electron chi connectivity index (χ2n) is 7.64. The summed E-state index contributed by atoms with van der Waals surface area (Å²) in [6.45, 7) is 3.40. The molecule has 29 heavy (non-hydrogen) atoms. The number of aromatic nitrogens is 1. The average Bonchev–Trinajstić information content (AvgIpc) is 3.16. The summed E-state index contributed by atoms with van der Waals surface area (Å²) < 4.78 is 5.55. The van der Waals surface area contributed by atoms with E-state index in [0.29, 0.717) is 18.7 Å². The maximum Gasteiger partial charge on any atom is 0.317 e. The Labute approximate surface area is 169 Å². The number of nitrogens with zero attached hydrogens (tertiary/aromatic N) is 2. The summed E-state index contributed by atoms with van der Waals surface area (Å²) in [4.78, 5) is 29.8. The molecule has 7 nitrogen and oxygen atoms in total. The summed E-state index contributed by atoms with van der Waals surface area (Å²) in [5, 5.41) is 12.0. The molecule has 0 atom stereocenters. The number of rotatable bonds is 7. The van der Waals surface area contributed by atoms with Gasteiger partial charge in [-0.1, -0.05) is 13.0 Å². The fraction of sp³-hybridized carbons (Fsp3) is 0.409. The zero-order valence-corrected chi connectivity index (χ0v) is 16.4. The molecule has 1 amide bonds. The second kappa shape index (κ2) is 8.21. The number of nitrogens with one attached hydrogen (secondary N) is 1. The summed E-state index contributed by atoms with van der Waals surface area (Å²) in [5.41, 5.74) is 3.63. The molecule has 0 bridgehead atoms. The molecule has 7 heteroatoms. The molecule has 1 saturated carbocycles. The summed E-state index contributed by atoms with van der Waals surface area (Å²) in [5.74, 6) is -0.0342. The molecule has 1 fully saturated rings. The van der Waals surface area contributed by atoms with E-state index in [0.717, 1.165) is 36.1 Å². The Morgan fingerprint density at radius 3 is 2.83 bits per heavy atom. The van der Waals surface area contributed by atoms with Crippen molar-refractivity contribution in [1.29, 1.82) is 0 Å². The van der Waals surface area contributed by atoms with E-state index in [4.69, 9.17) is 9.84 Å². The van der Waals surface area contributed by atoms with Gasteiger partial charge in [0, 0.05) is 36.5 Å². The smallest absolute Gasteiger partial charge is 0.317 e. The molecule has 1 aromatic carbocycles. The third-order valence-corrected chi connectivity index (χ3v) is 5.73. The quantitative estimate of drug-likeness (QED) is 0.748. The van der Waals surface area contributed by atoms with Crippen molar-refractivity contribution in [1.82, 2.24) is 15.2 Å². The number of pyridine rings is 1. The lowest BCUT2D eigenvalue weighted by Crippen LogP contribution is -2.54. The number of fused-ring (bicyclic) bond motifs is 1. The molecule has 1 aliphatic carbocycles. The van der Waals surface area contributed by atoms with Crippen LogP contribution in [0.4, 0.5) is 0 Å². The highest BCUT2D eigenvalue weighted by molar-refractivity contribution is 5.95. The van der Waals surface area contributed by atoms with E-state index in [1.165, 1.54) is 5.56 Å². The number of amides is 1. The van der Waals surface area contributed by atoms with Crippen LogP contribution in [0.3, 0.4) is 0 Å². The van der Waals surface area contributed by atoms with E-state index in [1.54, 1.807) is 12.4 Å². The van der Waals surface area contributed by atoms with Crippen molar-refractivity contribution in [3.63, 3.8) is 0 Å². The Balaban J connectivity index is 1.38. The van der Waals surface area contributed by atoms with Crippen LogP contribution in [0.1, 0.15) is 35.7 Å². The van der Waals surface area contributed by atoms with Crippen molar-refractivity contribution < 1.29 is 19.4 Å². The molecule has 0 radical (unpaired) electrons. The highest BCUT2D eigenvalue weighted by atomic mass is 16.5. The van der Waals surface area contributed by atoms with E-state index in [-0.39, 0.29) is 24.5 Å². The van der Waals surface area contributed by atoms with Crippen LogP contribution < -0.4 is 10.1 Å². The number of carboxylic acid groups (broad SMARTS) is 1. The highest BCUT2D eigenvalue weighted by Crippen LogP contribution is 2.31. The lowest BCUT2D eigenvalue weighted by Gasteiger charge is -2.42. The van der Waals surface area contributed by atoms with Crippen LogP contribution in [0.25, 0.3) is 11.1 Å². The predicted octanol–water partition coefficient (Wildman–Crippen LogP) is 2.35. The first-order chi connectivity index (χ1) is 14.0. The molecule has 2 N–H and O–H groups in total. The van der Waals surface area contributed by atoms with Gasteiger partial charge in [0.15, 0.2) is 0 Å². The number of benzene rings is 1. The molecule has 2 heterocycles. The van der Waals surface area contributed by atoms with Gasteiger partial charge in [-0.2, -0.15) is 0 Å². The van der Waals surface area contributed by atoms with Crippen molar-refractivity contribution in [2.24, 2.45) is 0 Å². The fourth-order valence-electron chi connectivity index (χ4n) is 4.03. The molecule has 2 aromatic rings. The number of hydrogen-bond donors (Lipinski definition) is 2. The van der Waals surface area contributed by atoms with Gasteiger partial charge in [-0.05, 0) is 48.7 Å². The van der Waals surface area contributed by atoms with E-state index in [9.17, 15) is 9.59 Å². The number of carboxylic acids is 1. The Morgan fingerprint density at radius 2 is 2.07 bits per heavy atom. The number of likely N-dealkylation sites (N-methyl/N-ethyl adjacent to an activating group) is 1. The maximum absolute atomic E-state index is 12.7. The van der Waals surface area contributed by atoms with Crippen LogP contribution in [-0.2, 0) is 11.2 Å². The summed E-state index contributed by atoms with van der Waals surface area (Å²) in [6, 6.07) is 8.19. The van der Waals surface area contributed by atoms with Crippen molar-refractivity contribution >= 4 is 11.9 Å². The average molecular weight is 395 g/mol. The van der Waals surface area contributed by atoms with Gasteiger partial charge in [-0.25, -0.2) is 0 Å². The molecule has 1 aliphatic heterocycles. The monoisotopic (exact) mass is 395 g/mol. The number of aliphatic carboxylic acids is 1. The van der Waals surface area contributed by atoms with Crippen LogP contribution in [-0.4, -0.2) is 58.6 Å². The van der Waals surface area contributed by atoms with Crippen LogP contribution in [0.15, 0.2) is 36.7 Å². The largest absolute Gasteiger partial charge is 0.493 e. The molecular weight excluding hydrogens is 370 g/mol. The van der Waals surface area contributed by atoms with Gasteiger partial charge in [0.05, 0.1) is 18.7 Å². The molecule has 4 rings (SSSR count). The number of hydrogen-bond acceptors (Lipinski definition) is 5. The second-order valence-corrected chi connectivity index (χ2v) is 7.64. The number of carbonyl (C=O) groups excluding carboxylic acids is 1. The van der Waals surface area contributed by atoms with Crippen molar-refractivity contribution in [3.8, 4) is 16.9 Å². The van der Waals surface area contributed by atoms with Crippen molar-refractivity contribution in [2.45, 2.75) is 38.3 Å². The summed E-state index contributed by atoms with van der Waals surface area (Å²) in [7, 11) is 0. The third-order valence-electron chi connectivity index (χ3n) is 5.73. The van der Waals surface area contributed by atoms with Gasteiger partial charge in [-0.15, -0.1) is 0 Å². The Bertz CT molecular complexity index is 924. The Morgan fingerprint density at radius 1 is 1.24 bits per heavy atom. The molecule has 2 aliphatic rings. The van der Waals surface area contributed by atoms with Gasteiger partial charge in [0.1, 0.15) is 5.75 Å². The van der Waals surface area contributed by atoms with Gasteiger partial charge < -0.3 is 15.2 Å². The lowest BCUT2D eigenvalue weighted by molar-refractivity contribution is -0.139. The van der Waals surface area contributed by atoms with Gasteiger partial charge in [0.25, 0.3) is 5.91 Å². The lowest BCUT2D eigenvalue weighted by atomic mass is 9.85. The van der Waals surface area contributed by atoms with Gasteiger partial charge in [0.2, 0.25) is 0 Å². The number of ether oxygens (including phenoxy) is 1. The van der Waals surface area contributed by atoms with Crippen LogP contribution in [0, 0.1) is 0 Å². The predicted molar refractivity (Wildman–Crippen MR) is 108 cm³/mol. The zero-order chi connectivity index (χ0) is 20.4. The third kappa shape index (κ3) is 4.24. The van der Waals surface area contributed by atoms with E-state index in [2.05, 4.69) is 16.4 Å². The highest BCUT2D eigenvalue weighted by Gasteiger charge is 2.34. The standard InChI is InChI=1S/C22H25N3O4/c1-2-25(13-21(26)27)19-9-18(10-19)24-22(28)17-8-16(11-23-12-17)14-3-4-20-15(7-14)5-6-29-20/h3-4,7-8,11-12,18-19H,2,5-6,9-10,13H2,1H3,(H,24,28)(H,26,27). The maximum atomic E-state index is 12.7. The Hall–Kier alpha value is -2.93. The normalized spacial score (nSPS) is 19.9. The first-order valence-corrected chi connectivity index (χ1v) is 10.0. The van der Waals surface area contributed by atoms with Crippen LogP contribution >= 0.6 is 0 Å². The molecule has 0 unspecified atom stereocenters. The first-order valence-electron chi connectivity index (χ1n) is 10.0. The molecule has 0 saturated heterocycles. The molecular formula is C22H25N3O4. The summed E-state index contributed by atoms with van der Waals surface area (Å²) >= 11 is 0. The van der Waals surface area contributed by atoms with E-state index < -0.39 is 5.97 Å². The SMILES string of the molecule is CCN(CC(=O)O)C1CC(NC(=O)c2cncc(-c3ccc4c(c3)CCO4)c2)C1. The van der Waals surface area contributed by atoms with Gasteiger partial charge >= 0.3 is 5.97 Å². The van der Waals surface area contributed by atoms with E-state index in [1.807, 2.05) is 30.0 Å². The van der Waals surface area contributed by atoms with Crippen LogP contribution in [0.2, 0.25) is 0 Å². The zero-order valence-electron chi connectivity index (χ0n) is 16.4. The molecule has 1 aromatic heterocycles. The minimum Gasteiger partial charge on any atom is -0.493 e. The fourth-order valence-corrected chi connectivity index (χ4v) is 4.03. The minimum atomic E-state index is -0.819. The molecule has 0 spiro atoms. The first kappa shape index (κ1) is 19.4. The van der Waals surface area contributed by atoms with Crippen LogP contribution in [0.5, 0.6) is 5.75 Å². The summed E-state index contributed by atoms with van der Waals surface area (Å²) in [6.07, 6.45) is 5.78. The van der Waals surface area contributed by atoms with Crippen molar-refractivity contribution in [2.75, 3.05) is 19.7 Å².